The van der Waals surface area contributed by atoms with Gasteiger partial charge in [0.05, 0.1) is 8.68 Å². The monoisotopic (exact) mass is 437 g/mol. The molecule has 0 fully saturated rings. The topological polar surface area (TPSA) is 46.2 Å². The molecule has 92 valence electrons. The molecule has 3 nitrogen and oxygen atoms in total. The molecule has 0 aliphatic heterocycles. The molecule has 1 heterocycles. The van der Waals surface area contributed by atoms with Gasteiger partial charge in [0, 0.05) is 11.4 Å². The zero-order valence-corrected chi connectivity index (χ0v) is 14.2. The fourth-order valence-electron chi connectivity index (χ4n) is 1.20. The van der Waals surface area contributed by atoms with Crippen molar-refractivity contribution in [2.75, 3.05) is 11.0 Å². The molecular weight excluding hydrogens is 425 g/mol. The van der Waals surface area contributed by atoms with Crippen molar-refractivity contribution < 1.29 is 8.42 Å². The highest BCUT2D eigenvalue weighted by Gasteiger charge is 2.18. The second-order valence-corrected chi connectivity index (χ2v) is 8.71. The van der Waals surface area contributed by atoms with Gasteiger partial charge in [0.2, 0.25) is 10.0 Å². The average molecular weight is 438 g/mol. The lowest BCUT2D eigenvalue weighted by Crippen LogP contribution is -2.24. The summed E-state index contributed by atoms with van der Waals surface area (Å²) >= 11 is 7.02. The first kappa shape index (κ1) is 14.9. The van der Waals surface area contributed by atoms with Crippen LogP contribution in [-0.2, 0) is 10.0 Å². The molecule has 1 aromatic heterocycles. The van der Waals surface area contributed by atoms with E-state index in [4.69, 9.17) is 0 Å². The molecule has 0 saturated heterocycles. The van der Waals surface area contributed by atoms with Crippen LogP contribution in [0.1, 0.15) is 17.7 Å². The number of thiophene rings is 1. The van der Waals surface area contributed by atoms with E-state index in [2.05, 4.69) is 43.2 Å². The van der Waals surface area contributed by atoms with Crippen LogP contribution in [0.25, 0.3) is 0 Å². The highest BCUT2D eigenvalue weighted by molar-refractivity contribution is 14.1. The number of nitrogens with one attached hydrogen (secondary N) is 1. The summed E-state index contributed by atoms with van der Waals surface area (Å²) in [6, 6.07) is 1.65. The highest BCUT2D eigenvalue weighted by atomic mass is 127. The molecule has 0 atom stereocenters. The van der Waals surface area contributed by atoms with Crippen molar-refractivity contribution in [1.29, 1.82) is 0 Å². The highest BCUT2D eigenvalue weighted by Crippen LogP contribution is 2.29. The fourth-order valence-corrected chi connectivity index (χ4v) is 5.23. The molecule has 0 radical (unpaired) electrons. The Hall–Kier alpha value is 0.820. The maximum absolute atomic E-state index is 11.9. The number of unbranched alkanes of at least 4 members (excludes halogenated alkanes) is 1. The number of rotatable bonds is 6. The van der Waals surface area contributed by atoms with Gasteiger partial charge in [-0.1, -0.05) is 22.6 Å². The van der Waals surface area contributed by atoms with Gasteiger partial charge >= 0.3 is 0 Å². The van der Waals surface area contributed by atoms with Gasteiger partial charge in [-0.05, 0) is 46.2 Å². The van der Waals surface area contributed by atoms with E-state index in [-0.39, 0.29) is 0 Å². The third kappa shape index (κ3) is 4.25. The van der Waals surface area contributed by atoms with Crippen LogP contribution in [0.15, 0.2) is 14.7 Å². The number of alkyl halides is 1. The van der Waals surface area contributed by atoms with Gasteiger partial charge in [-0.15, -0.1) is 11.3 Å². The zero-order chi connectivity index (χ0) is 12.2. The maximum Gasteiger partial charge on any atom is 0.241 e. The molecule has 0 aliphatic rings. The fraction of sp³-hybridized carbons (Fsp3) is 0.556. The van der Waals surface area contributed by atoms with Crippen LogP contribution in [0.5, 0.6) is 0 Å². The molecule has 0 amide bonds. The molecule has 16 heavy (non-hydrogen) atoms. The van der Waals surface area contributed by atoms with Crippen molar-refractivity contribution in [1.82, 2.24) is 4.72 Å². The second kappa shape index (κ2) is 6.67. The summed E-state index contributed by atoms with van der Waals surface area (Å²) in [7, 11) is -3.32. The van der Waals surface area contributed by atoms with E-state index in [9.17, 15) is 8.42 Å². The number of hydrogen-bond acceptors (Lipinski definition) is 3. The molecule has 1 aromatic rings. The van der Waals surface area contributed by atoms with Gasteiger partial charge in [0.25, 0.3) is 0 Å². The Bertz CT molecular complexity index is 444. The third-order valence-electron chi connectivity index (χ3n) is 1.98. The molecule has 1 rings (SSSR count). The minimum atomic E-state index is -3.32. The molecule has 0 aliphatic carbocycles. The molecule has 7 heteroatoms. The SMILES string of the molecule is Cc1sc(Br)cc1S(=O)(=O)NCCCCI. The van der Waals surface area contributed by atoms with E-state index in [1.54, 1.807) is 6.07 Å². The van der Waals surface area contributed by atoms with E-state index < -0.39 is 10.0 Å². The van der Waals surface area contributed by atoms with Gasteiger partial charge in [-0.2, -0.15) is 0 Å². The summed E-state index contributed by atoms with van der Waals surface area (Å²) in [5.74, 6) is 0. The summed E-state index contributed by atoms with van der Waals surface area (Å²) < 4.78 is 28.3. The van der Waals surface area contributed by atoms with Crippen molar-refractivity contribution >= 4 is 59.9 Å². The number of aryl methyl sites for hydroxylation is 1. The summed E-state index contributed by atoms with van der Waals surface area (Å²) in [5, 5.41) is 0. The summed E-state index contributed by atoms with van der Waals surface area (Å²) in [6.45, 7) is 2.33. The average Bonchev–Trinajstić information content (AvgIpc) is 2.53. The standard InChI is InChI=1S/C9H13BrINO2S2/c1-7-8(6-9(10)15-7)16(13,14)12-5-3-2-4-11/h6,12H,2-5H2,1H3. The van der Waals surface area contributed by atoms with Crippen molar-refractivity contribution in [2.45, 2.75) is 24.7 Å². The van der Waals surface area contributed by atoms with E-state index in [0.717, 1.165) is 25.9 Å². The van der Waals surface area contributed by atoms with Crippen LogP contribution >= 0.6 is 49.9 Å². The Morgan fingerprint density at radius 3 is 2.69 bits per heavy atom. The smallest absolute Gasteiger partial charge is 0.211 e. The Balaban J connectivity index is 2.67. The third-order valence-corrected chi connectivity index (χ3v) is 6.02. The first-order chi connectivity index (χ1) is 7.47. The first-order valence-corrected chi connectivity index (χ1v) is 9.41. The van der Waals surface area contributed by atoms with E-state index >= 15 is 0 Å². The summed E-state index contributed by atoms with van der Waals surface area (Å²) in [5.41, 5.74) is 0. The lowest BCUT2D eigenvalue weighted by atomic mass is 10.3. The van der Waals surface area contributed by atoms with Crippen LogP contribution in [0.3, 0.4) is 0 Å². The minimum absolute atomic E-state index is 0.388. The van der Waals surface area contributed by atoms with Gasteiger partial charge < -0.3 is 0 Å². The van der Waals surface area contributed by atoms with Gasteiger partial charge in [0.15, 0.2) is 0 Å². The van der Waals surface area contributed by atoms with E-state index in [1.165, 1.54) is 11.3 Å². The Labute approximate surface area is 122 Å². The van der Waals surface area contributed by atoms with Gasteiger partial charge in [-0.25, -0.2) is 13.1 Å². The molecule has 1 N–H and O–H groups in total. The molecule has 0 unspecified atom stereocenters. The number of halogens is 2. The molecular formula is C9H13BrINO2S2. The Morgan fingerprint density at radius 1 is 1.50 bits per heavy atom. The van der Waals surface area contributed by atoms with Gasteiger partial charge in [-0.3, -0.25) is 0 Å². The van der Waals surface area contributed by atoms with Gasteiger partial charge in [0.1, 0.15) is 0 Å². The molecule has 0 aromatic carbocycles. The zero-order valence-electron chi connectivity index (χ0n) is 8.79. The lowest BCUT2D eigenvalue weighted by Gasteiger charge is -2.05. The Morgan fingerprint density at radius 2 is 2.19 bits per heavy atom. The van der Waals surface area contributed by atoms with Crippen molar-refractivity contribution in [3.63, 3.8) is 0 Å². The number of hydrogen-bond donors (Lipinski definition) is 1. The van der Waals surface area contributed by atoms with Crippen LogP contribution in [-0.4, -0.2) is 19.4 Å². The van der Waals surface area contributed by atoms with Crippen LogP contribution in [0.2, 0.25) is 0 Å². The second-order valence-electron chi connectivity index (χ2n) is 3.26. The summed E-state index contributed by atoms with van der Waals surface area (Å²) in [4.78, 5) is 1.20. The van der Waals surface area contributed by atoms with Crippen molar-refractivity contribution in [3.8, 4) is 0 Å². The largest absolute Gasteiger partial charge is 0.241 e. The number of sulfonamides is 1. The molecule has 0 saturated carbocycles. The van der Waals surface area contributed by atoms with Crippen LogP contribution in [0.4, 0.5) is 0 Å². The van der Waals surface area contributed by atoms with Crippen LogP contribution < -0.4 is 4.72 Å². The summed E-state index contributed by atoms with van der Waals surface area (Å²) in [6.07, 6.45) is 1.92. The quantitative estimate of drug-likeness (QED) is 0.421. The van der Waals surface area contributed by atoms with Crippen LogP contribution in [0, 0.1) is 6.92 Å². The van der Waals surface area contributed by atoms with Crippen molar-refractivity contribution in [3.05, 3.63) is 14.7 Å². The first-order valence-electron chi connectivity index (χ1n) is 4.79. The normalized spacial score (nSPS) is 11.9. The molecule has 0 spiro atoms. The predicted molar refractivity (Wildman–Crippen MR) is 80.1 cm³/mol. The predicted octanol–water partition coefficient (Wildman–Crippen LogP) is 3.31. The minimum Gasteiger partial charge on any atom is -0.211 e. The molecule has 0 bridgehead atoms. The Kier molecular flexibility index (Phi) is 6.20. The van der Waals surface area contributed by atoms with E-state index in [0.29, 0.717) is 11.4 Å². The van der Waals surface area contributed by atoms with Crippen molar-refractivity contribution in [2.24, 2.45) is 0 Å². The maximum atomic E-state index is 11.9. The lowest BCUT2D eigenvalue weighted by molar-refractivity contribution is 0.578. The van der Waals surface area contributed by atoms with E-state index in [1.807, 2.05) is 6.92 Å².